The fourth-order valence-corrected chi connectivity index (χ4v) is 4.70. The van der Waals surface area contributed by atoms with Gasteiger partial charge in [0.1, 0.15) is 46.3 Å². The average molecular weight is 724 g/mol. The van der Waals surface area contributed by atoms with Crippen LogP contribution in [0.25, 0.3) is 0 Å². The lowest BCUT2D eigenvalue weighted by molar-refractivity contribution is 0.0877. The van der Waals surface area contributed by atoms with Crippen LogP contribution in [0.1, 0.15) is 30.7 Å². The Balaban J connectivity index is 1.62. The van der Waals surface area contributed by atoms with Crippen LogP contribution in [0.2, 0.25) is 0 Å². The van der Waals surface area contributed by atoms with Gasteiger partial charge in [-0.05, 0) is 80.6 Å². The highest BCUT2D eigenvalue weighted by atomic mass is 127. The average Bonchev–Trinajstić information content (AvgIpc) is 3.20. The molecule has 3 rings (SSSR count). The molecule has 0 aliphatic rings. The summed E-state index contributed by atoms with van der Waals surface area (Å²) in [6.07, 6.45) is -1.47. The molecule has 0 saturated heterocycles. The van der Waals surface area contributed by atoms with Gasteiger partial charge in [0, 0.05) is 5.41 Å². The van der Waals surface area contributed by atoms with Gasteiger partial charge >= 0.3 is 0 Å². The first-order chi connectivity index (χ1) is 16.6. The maximum Gasteiger partial charge on any atom is 0.132 e. The molecule has 2 aromatic carbocycles. The Morgan fingerprint density at radius 1 is 1.06 bits per heavy atom. The third kappa shape index (κ3) is 7.41. The van der Waals surface area contributed by atoms with Crippen molar-refractivity contribution in [1.29, 1.82) is 0 Å². The number of aromatic nitrogens is 3. The molecule has 35 heavy (non-hydrogen) atoms. The van der Waals surface area contributed by atoms with Gasteiger partial charge in [-0.25, -0.2) is 4.68 Å². The van der Waals surface area contributed by atoms with Gasteiger partial charge in [-0.3, -0.25) is 0 Å². The summed E-state index contributed by atoms with van der Waals surface area (Å²) in [5.41, 5.74) is 2.46. The zero-order valence-electron chi connectivity index (χ0n) is 19.4. The number of alkyl halides is 1. The second kappa shape index (κ2) is 12.9. The van der Waals surface area contributed by atoms with Gasteiger partial charge in [-0.2, -0.15) is 0 Å². The lowest BCUT2D eigenvalue weighted by atomic mass is 9.78. The van der Waals surface area contributed by atoms with Crippen molar-refractivity contribution < 1.29 is 24.8 Å². The summed E-state index contributed by atoms with van der Waals surface area (Å²) in [4.78, 5) is 0. The summed E-state index contributed by atoms with van der Waals surface area (Å²) in [7, 11) is 0. The maximum atomic E-state index is 10.4. The van der Waals surface area contributed by atoms with Gasteiger partial charge in [-0.1, -0.05) is 37.3 Å². The molecular weight excluding hydrogens is 696 g/mol. The summed E-state index contributed by atoms with van der Waals surface area (Å²) >= 11 is 9.89. The van der Waals surface area contributed by atoms with Crippen LogP contribution in [-0.2, 0) is 18.6 Å². The Hall–Kier alpha value is -1.19. The highest BCUT2D eigenvalue weighted by molar-refractivity contribution is 14.1. The van der Waals surface area contributed by atoms with Crippen LogP contribution in [0.4, 0.5) is 0 Å². The number of hydrogen-bond acceptors (Lipinski definition) is 7. The SMILES string of the molecule is CC(C)(c1ccc(OC[C@H](O)CCl)cc1)c1ccc(OC[C@H](O)Cn2nnc(CO)c2[123I])c(I)c1. The number of ether oxygens (including phenoxy) is 2. The topological polar surface area (TPSA) is 110 Å². The van der Waals surface area contributed by atoms with E-state index in [4.69, 9.17) is 21.1 Å². The number of rotatable bonds is 12. The number of nitrogens with zero attached hydrogens (tertiary/aromatic N) is 3. The molecule has 3 aromatic rings. The zero-order valence-corrected chi connectivity index (χ0v) is 24.4. The molecule has 190 valence electrons. The Kier molecular flexibility index (Phi) is 10.4. The van der Waals surface area contributed by atoms with Crippen LogP contribution < -0.4 is 9.47 Å². The van der Waals surface area contributed by atoms with Crippen molar-refractivity contribution in [3.8, 4) is 11.5 Å². The van der Waals surface area contributed by atoms with Crippen molar-refractivity contribution in [3.05, 3.63) is 66.6 Å². The van der Waals surface area contributed by atoms with Crippen molar-refractivity contribution in [2.75, 3.05) is 19.1 Å². The molecule has 0 fully saturated rings. The van der Waals surface area contributed by atoms with Crippen LogP contribution in [0.5, 0.6) is 11.5 Å². The Morgan fingerprint density at radius 3 is 2.31 bits per heavy atom. The predicted octanol–water partition coefficient (Wildman–Crippen LogP) is 3.72. The maximum absolute atomic E-state index is 10.4. The number of benzene rings is 2. The van der Waals surface area contributed by atoms with Crippen LogP contribution >= 0.6 is 56.8 Å². The molecule has 3 N–H and O–H groups in total. The fraction of sp³-hybridized carbons (Fsp3) is 0.417. The number of hydrogen-bond donors (Lipinski definition) is 3. The minimum atomic E-state index is -0.782. The van der Waals surface area contributed by atoms with Crippen LogP contribution in [0, 0.1) is 7.27 Å². The van der Waals surface area contributed by atoms with Gasteiger partial charge in [0.2, 0.25) is 0 Å². The lowest BCUT2D eigenvalue weighted by Gasteiger charge is -2.27. The molecule has 2 atom stereocenters. The molecular formula is C24H28ClI2N3O5. The van der Waals surface area contributed by atoms with Crippen LogP contribution in [-0.4, -0.2) is 61.6 Å². The first-order valence-electron chi connectivity index (χ1n) is 10.9. The molecule has 11 heteroatoms. The van der Waals surface area contributed by atoms with E-state index in [9.17, 15) is 15.3 Å². The molecule has 1 heterocycles. The molecule has 0 aliphatic heterocycles. The van der Waals surface area contributed by atoms with E-state index >= 15 is 0 Å². The zero-order chi connectivity index (χ0) is 25.6. The number of aliphatic hydroxyl groups excluding tert-OH is 3. The standard InChI is InChI=1S/C24H28ClI2N3O5/c1-24(2,15-3-6-19(7-4-15)34-13-17(32)10-25)16-5-8-22(20(26)9-16)35-14-18(33)11-30-23(27)21(12-31)28-29-30/h3-9,17-18,31-33H,10-14H2,1-2H3/t17-,18-/m1/s1/i27-4. The van der Waals surface area contributed by atoms with Gasteiger partial charge < -0.3 is 24.8 Å². The molecule has 1 aromatic heterocycles. The van der Waals surface area contributed by atoms with Gasteiger partial charge in [-0.15, -0.1) is 16.7 Å². The second-order valence-corrected chi connectivity index (χ2v) is 11.0. The Labute approximate surface area is 236 Å². The molecule has 8 nitrogen and oxygen atoms in total. The monoisotopic (exact) mass is 723 g/mol. The molecule has 0 unspecified atom stereocenters. The molecule has 0 bridgehead atoms. The summed E-state index contributed by atoms with van der Waals surface area (Å²) in [5, 5.41) is 37.0. The van der Waals surface area contributed by atoms with E-state index in [0.717, 1.165) is 14.7 Å². The van der Waals surface area contributed by atoms with Gasteiger partial charge in [0.15, 0.2) is 0 Å². The largest absolute Gasteiger partial charge is 0.491 e. The summed E-state index contributed by atoms with van der Waals surface area (Å²) < 4.78 is 14.6. The number of aliphatic hydroxyl groups is 3. The quantitative estimate of drug-likeness (QED) is 0.193. The smallest absolute Gasteiger partial charge is 0.132 e. The third-order valence-electron chi connectivity index (χ3n) is 5.55. The molecule has 0 spiro atoms. The van der Waals surface area contributed by atoms with Gasteiger partial charge in [0.25, 0.3) is 0 Å². The molecule has 0 amide bonds. The fourth-order valence-electron chi connectivity index (χ4n) is 3.37. The summed E-state index contributed by atoms with van der Waals surface area (Å²) in [6, 6.07) is 13.8. The molecule has 0 saturated carbocycles. The van der Waals surface area contributed by atoms with E-state index in [1.807, 2.05) is 59.0 Å². The summed E-state index contributed by atoms with van der Waals surface area (Å²) in [6.45, 7) is 4.58. The van der Waals surface area contributed by atoms with Crippen molar-refractivity contribution in [3.63, 3.8) is 0 Å². The Bertz CT molecular complexity index is 1110. The van der Waals surface area contributed by atoms with E-state index in [0.29, 0.717) is 20.9 Å². The van der Waals surface area contributed by atoms with E-state index in [2.05, 4.69) is 52.8 Å². The van der Waals surface area contributed by atoms with E-state index in [1.54, 1.807) is 4.68 Å². The minimum absolute atomic E-state index is 0.100. The third-order valence-corrected chi connectivity index (χ3v) is 7.93. The van der Waals surface area contributed by atoms with Crippen molar-refractivity contribution in [1.82, 2.24) is 15.0 Å². The lowest BCUT2D eigenvalue weighted by Crippen LogP contribution is -2.25. The van der Waals surface area contributed by atoms with Crippen molar-refractivity contribution in [2.45, 2.75) is 44.6 Å². The van der Waals surface area contributed by atoms with Gasteiger partial charge in [0.05, 0.1) is 22.6 Å². The number of halogens is 3. The first-order valence-corrected chi connectivity index (χ1v) is 13.6. The molecule has 0 aliphatic carbocycles. The van der Waals surface area contributed by atoms with E-state index < -0.39 is 12.2 Å². The van der Waals surface area contributed by atoms with E-state index in [-0.39, 0.29) is 37.7 Å². The normalized spacial score (nSPS) is 13.5. The van der Waals surface area contributed by atoms with Crippen LogP contribution in [0.15, 0.2) is 42.5 Å². The van der Waals surface area contributed by atoms with Crippen LogP contribution in [0.3, 0.4) is 0 Å². The Morgan fingerprint density at radius 2 is 1.71 bits per heavy atom. The van der Waals surface area contributed by atoms with Crippen molar-refractivity contribution >= 4 is 56.8 Å². The molecule has 0 radical (unpaired) electrons. The minimum Gasteiger partial charge on any atom is -0.491 e. The second-order valence-electron chi connectivity index (χ2n) is 8.55. The van der Waals surface area contributed by atoms with Crippen molar-refractivity contribution in [2.24, 2.45) is 0 Å². The summed E-state index contributed by atoms with van der Waals surface area (Å²) in [5.74, 6) is 1.50. The van der Waals surface area contributed by atoms with E-state index in [1.165, 1.54) is 0 Å². The highest BCUT2D eigenvalue weighted by Gasteiger charge is 2.24. The highest BCUT2D eigenvalue weighted by Crippen LogP contribution is 2.35. The predicted molar refractivity (Wildman–Crippen MR) is 150 cm³/mol. The first kappa shape index (κ1) is 28.4.